The highest BCUT2D eigenvalue weighted by Crippen LogP contribution is 2.07. The summed E-state index contributed by atoms with van der Waals surface area (Å²) in [7, 11) is 1.85. The summed E-state index contributed by atoms with van der Waals surface area (Å²) in [6, 6.07) is 6.43. The number of nitrogens with one attached hydrogen (secondary N) is 2. The fourth-order valence-electron chi connectivity index (χ4n) is 1.85. The molecule has 0 unspecified atom stereocenters. The number of carbonyl (C=O) groups is 3. The van der Waals surface area contributed by atoms with Crippen LogP contribution in [0.2, 0.25) is 0 Å². The molecule has 6 heteroatoms. The van der Waals surface area contributed by atoms with Crippen molar-refractivity contribution in [1.29, 1.82) is 0 Å². The van der Waals surface area contributed by atoms with Gasteiger partial charge in [-0.25, -0.2) is 4.79 Å². The van der Waals surface area contributed by atoms with Crippen LogP contribution in [0, 0.1) is 0 Å². The third kappa shape index (κ3) is 8.85. The van der Waals surface area contributed by atoms with Crippen molar-refractivity contribution in [2.24, 2.45) is 0 Å². The zero-order chi connectivity index (χ0) is 16.5. The van der Waals surface area contributed by atoms with Crippen LogP contribution in [0.3, 0.4) is 0 Å². The number of amides is 1. The van der Waals surface area contributed by atoms with Crippen molar-refractivity contribution in [2.75, 3.05) is 7.05 Å². The Kier molecular flexibility index (Phi) is 11.9. The van der Waals surface area contributed by atoms with Crippen molar-refractivity contribution in [3.05, 3.63) is 47.5 Å². The first-order valence-electron chi connectivity index (χ1n) is 6.86. The molecule has 0 bridgehead atoms. The molecule has 0 saturated heterocycles. The fourth-order valence-corrected chi connectivity index (χ4v) is 1.85. The number of benzene rings is 1. The summed E-state index contributed by atoms with van der Waals surface area (Å²) in [5, 5.41) is 14.6. The average Bonchev–Trinajstić information content (AvgIpc) is 2.46. The quantitative estimate of drug-likeness (QED) is 0.631. The van der Waals surface area contributed by atoms with Crippen molar-refractivity contribution < 1.29 is 19.5 Å². The van der Waals surface area contributed by atoms with E-state index in [9.17, 15) is 19.5 Å². The van der Waals surface area contributed by atoms with E-state index in [1.165, 1.54) is 6.92 Å². The molecule has 0 aliphatic rings. The first-order valence-corrected chi connectivity index (χ1v) is 6.86. The monoisotopic (exact) mass is 336 g/mol. The predicted octanol–water partition coefficient (Wildman–Crippen LogP) is 1.94. The average molecular weight is 336 g/mol. The van der Waals surface area contributed by atoms with Gasteiger partial charge in [0.15, 0.2) is 5.78 Å². The van der Waals surface area contributed by atoms with E-state index in [0.717, 1.165) is 29.8 Å². The van der Waals surface area contributed by atoms with Crippen LogP contribution in [0.4, 0.5) is 0 Å². The molecule has 1 aromatic rings. The summed E-state index contributed by atoms with van der Waals surface area (Å²) in [4.78, 5) is 33.6. The molecular weight excluding hydrogens is 308 g/mol. The van der Waals surface area contributed by atoms with E-state index in [0.29, 0.717) is 0 Å². The second-order valence-electron chi connectivity index (χ2n) is 4.89. The summed E-state index contributed by atoms with van der Waals surface area (Å²) in [5.74, 6) is -2.00. The third-order valence-electron chi connectivity index (χ3n) is 2.93. The van der Waals surface area contributed by atoms with Gasteiger partial charge in [0.2, 0.25) is 5.91 Å². The number of carboxylic acid groups (broad SMARTS) is 1. The number of carbonyl (C=O) groups excluding carboxylic acids is 2. The lowest BCUT2D eigenvalue weighted by atomic mass is 10.0. The van der Waals surface area contributed by atoms with Crippen LogP contribution in [-0.4, -0.2) is 35.9 Å². The van der Waals surface area contributed by atoms with Gasteiger partial charge in [0.25, 0.3) is 0 Å². The number of hydrogen-bond acceptors (Lipinski definition) is 4. The number of allylic oxidation sites excluding steroid dienone is 1. The minimum Gasteiger partial charge on any atom is -0.480 e. The Morgan fingerprint density at radius 1 is 1.08 bits per heavy atom. The molecule has 134 valence electrons. The molecule has 0 fully saturated rings. The first-order chi connectivity index (χ1) is 10.4. The maximum atomic E-state index is 11.6. The van der Waals surface area contributed by atoms with E-state index >= 15 is 0 Å². The molecule has 1 atom stereocenters. The Bertz CT molecular complexity index is 565. The predicted molar refractivity (Wildman–Crippen MR) is 95.8 cm³/mol. The summed E-state index contributed by atoms with van der Waals surface area (Å²) >= 11 is 0. The third-order valence-corrected chi connectivity index (χ3v) is 2.93. The van der Waals surface area contributed by atoms with Gasteiger partial charge in [0.1, 0.15) is 6.04 Å². The molecule has 1 rings (SSSR count). The van der Waals surface area contributed by atoms with Crippen LogP contribution in [0.15, 0.2) is 36.4 Å². The number of aliphatic carboxylic acids is 1. The van der Waals surface area contributed by atoms with Crippen LogP contribution in [-0.2, 0) is 27.3 Å². The molecule has 0 saturated carbocycles. The summed E-state index contributed by atoms with van der Waals surface area (Å²) in [6.07, 6.45) is 2.31. The van der Waals surface area contributed by atoms with E-state index < -0.39 is 17.9 Å². The Morgan fingerprint density at radius 2 is 1.62 bits per heavy atom. The van der Waals surface area contributed by atoms with Gasteiger partial charge in [-0.3, -0.25) is 9.59 Å². The standard InChI is InChI=1S/C16H20N2O4.2CH4/c1-11(19)3-8-15(20)18-14(16(21)22)9-12-4-6-13(7-5-12)10-17-2;;/h3-8,14,17H,9-10H2,1-2H3,(H,18,20)(H,21,22);2*1H4/b8-3+;;/t14-;;/m1../s1. The fraction of sp³-hybridized carbons (Fsp3) is 0.389. The lowest BCUT2D eigenvalue weighted by molar-refractivity contribution is -0.141. The van der Waals surface area contributed by atoms with Gasteiger partial charge < -0.3 is 15.7 Å². The van der Waals surface area contributed by atoms with Crippen LogP contribution < -0.4 is 10.6 Å². The van der Waals surface area contributed by atoms with Crippen LogP contribution in [0.5, 0.6) is 0 Å². The Morgan fingerprint density at radius 3 is 2.08 bits per heavy atom. The number of hydrogen-bond donors (Lipinski definition) is 3. The largest absolute Gasteiger partial charge is 0.480 e. The van der Waals surface area contributed by atoms with E-state index in [2.05, 4.69) is 10.6 Å². The van der Waals surface area contributed by atoms with Gasteiger partial charge in [-0.1, -0.05) is 39.1 Å². The van der Waals surface area contributed by atoms with Crippen molar-refractivity contribution in [1.82, 2.24) is 10.6 Å². The number of ketones is 1. The minimum atomic E-state index is -1.12. The number of rotatable bonds is 8. The van der Waals surface area contributed by atoms with Gasteiger partial charge in [-0.05, 0) is 31.2 Å². The molecule has 0 aliphatic carbocycles. The van der Waals surface area contributed by atoms with E-state index in [1.807, 2.05) is 31.3 Å². The SMILES string of the molecule is C.C.CNCc1ccc(C[C@@H](NC(=O)/C=C/C(C)=O)C(=O)O)cc1. The van der Waals surface area contributed by atoms with Crippen molar-refractivity contribution >= 4 is 17.7 Å². The summed E-state index contributed by atoms with van der Waals surface area (Å²) in [5.41, 5.74) is 1.90. The Labute approximate surface area is 144 Å². The van der Waals surface area contributed by atoms with E-state index in [4.69, 9.17) is 0 Å². The normalized spacial score (nSPS) is 11.1. The summed E-state index contributed by atoms with van der Waals surface area (Å²) < 4.78 is 0. The molecule has 0 aliphatic heterocycles. The zero-order valence-corrected chi connectivity index (χ0v) is 12.6. The van der Waals surface area contributed by atoms with E-state index in [1.54, 1.807) is 0 Å². The lowest BCUT2D eigenvalue weighted by Gasteiger charge is -2.13. The second kappa shape index (κ2) is 12.0. The lowest BCUT2D eigenvalue weighted by Crippen LogP contribution is -2.41. The van der Waals surface area contributed by atoms with Crippen molar-refractivity contribution in [2.45, 2.75) is 40.8 Å². The van der Waals surface area contributed by atoms with Crippen LogP contribution in [0.1, 0.15) is 32.9 Å². The molecule has 0 aromatic heterocycles. The second-order valence-corrected chi connectivity index (χ2v) is 4.89. The van der Waals surface area contributed by atoms with Gasteiger partial charge in [0.05, 0.1) is 0 Å². The van der Waals surface area contributed by atoms with Gasteiger partial charge in [-0.15, -0.1) is 0 Å². The maximum Gasteiger partial charge on any atom is 0.326 e. The van der Waals surface area contributed by atoms with Gasteiger partial charge >= 0.3 is 5.97 Å². The van der Waals surface area contributed by atoms with Crippen molar-refractivity contribution in [3.63, 3.8) is 0 Å². The molecular formula is C18H28N2O4. The molecule has 24 heavy (non-hydrogen) atoms. The van der Waals surface area contributed by atoms with E-state index in [-0.39, 0.29) is 27.1 Å². The van der Waals surface area contributed by atoms with Gasteiger partial charge in [-0.2, -0.15) is 0 Å². The first kappa shape index (κ1) is 23.8. The maximum absolute atomic E-state index is 11.6. The highest BCUT2D eigenvalue weighted by atomic mass is 16.4. The smallest absolute Gasteiger partial charge is 0.326 e. The molecule has 0 radical (unpaired) electrons. The molecule has 0 heterocycles. The Balaban J connectivity index is 0. The molecule has 0 spiro atoms. The van der Waals surface area contributed by atoms with Crippen LogP contribution in [0.25, 0.3) is 0 Å². The minimum absolute atomic E-state index is 0. The Hall–Kier alpha value is -2.47. The summed E-state index contributed by atoms with van der Waals surface area (Å²) in [6.45, 7) is 2.04. The number of carboxylic acids is 1. The van der Waals surface area contributed by atoms with Gasteiger partial charge in [0, 0.05) is 19.0 Å². The highest BCUT2D eigenvalue weighted by Gasteiger charge is 2.19. The van der Waals surface area contributed by atoms with Crippen molar-refractivity contribution in [3.8, 4) is 0 Å². The molecule has 6 nitrogen and oxygen atoms in total. The molecule has 3 N–H and O–H groups in total. The van der Waals surface area contributed by atoms with Crippen LogP contribution >= 0.6 is 0 Å². The molecule has 1 amide bonds. The zero-order valence-electron chi connectivity index (χ0n) is 12.6. The topological polar surface area (TPSA) is 95.5 Å². The highest BCUT2D eigenvalue weighted by molar-refractivity contribution is 5.97. The molecule has 1 aromatic carbocycles.